The second kappa shape index (κ2) is 17.8. The predicted molar refractivity (Wildman–Crippen MR) is 298 cm³/mol. The van der Waals surface area contributed by atoms with Crippen LogP contribution in [0.1, 0.15) is 59.5 Å². The highest BCUT2D eigenvalue weighted by molar-refractivity contribution is 6.09. The third-order valence-corrected chi connectivity index (χ3v) is 13.8. The fourth-order valence-corrected chi connectivity index (χ4v) is 10.1. The zero-order valence-electron chi connectivity index (χ0n) is 46.9. The first-order valence-electron chi connectivity index (χ1n) is 27.2. The number of hydrogen-bond acceptors (Lipinski definition) is 3. The summed E-state index contributed by atoms with van der Waals surface area (Å²) in [5, 5.41) is 2.15. The maximum Gasteiger partial charge on any atom is 0.247 e. The molecule has 0 unspecified atom stereocenters. The molecule has 0 aliphatic heterocycles. The molecule has 0 bridgehead atoms. The van der Waals surface area contributed by atoms with Crippen LogP contribution in [0, 0.1) is 13.3 Å². The van der Waals surface area contributed by atoms with Crippen LogP contribution in [0.4, 0.5) is 0 Å². The van der Waals surface area contributed by atoms with Crippen molar-refractivity contribution >= 4 is 27.5 Å². The van der Waals surface area contributed by atoms with Gasteiger partial charge in [-0.1, -0.05) is 178 Å². The van der Waals surface area contributed by atoms with E-state index in [1.165, 1.54) is 0 Å². The summed E-state index contributed by atoms with van der Waals surface area (Å²) in [6.07, 6.45) is 7.49. The van der Waals surface area contributed by atoms with Crippen molar-refractivity contribution in [2.75, 3.05) is 0 Å². The van der Waals surface area contributed by atoms with E-state index < -0.39 is 6.04 Å². The first kappa shape index (κ1) is 39.9. The summed E-state index contributed by atoms with van der Waals surface area (Å²) in [6, 6.07) is 56.5. The van der Waals surface area contributed by atoms with E-state index in [1.54, 1.807) is 12.1 Å². The lowest BCUT2D eigenvalue weighted by Gasteiger charge is -2.24. The largest absolute Gasteiger partial charge is 0.484 e. The van der Waals surface area contributed by atoms with Crippen LogP contribution in [0.5, 0.6) is 11.5 Å². The highest BCUT2D eigenvalue weighted by Crippen LogP contribution is 2.44. The van der Waals surface area contributed by atoms with Crippen LogP contribution in [0.2, 0.25) is 0 Å². The summed E-state index contributed by atoms with van der Waals surface area (Å²) in [5.74, 6) is 2.09. The molecule has 356 valence electrons. The van der Waals surface area contributed by atoms with E-state index in [4.69, 9.17) is 21.0 Å². The molecular weight excluding hydrogens is 893 g/mol. The number of aryl methyl sites for hydroxylation is 1. The van der Waals surface area contributed by atoms with Gasteiger partial charge < -0.3 is 13.7 Å². The van der Waals surface area contributed by atoms with E-state index in [0.717, 1.165) is 94.6 Å². The Balaban J connectivity index is 0.941. The van der Waals surface area contributed by atoms with Gasteiger partial charge in [0.15, 0.2) is 0 Å². The molecule has 12 aromatic rings. The summed E-state index contributed by atoms with van der Waals surface area (Å²) in [7, 11) is 0. The molecule has 0 fully saturated rings. The van der Waals surface area contributed by atoms with Crippen LogP contribution in [-0.2, 0) is 11.0 Å². The lowest BCUT2D eigenvalue weighted by Crippen LogP contribution is -2.50. The molecule has 6 heteroatoms. The number of hydrogen-bond donors (Lipinski definition) is 0. The van der Waals surface area contributed by atoms with Crippen molar-refractivity contribution in [1.29, 1.82) is 0 Å². The third-order valence-electron chi connectivity index (χ3n) is 13.8. The SMILES string of the molecule is [2H]c1c([2H])c([2H])c(-c2ccc(-c3cnc(-n4c5ccccc5c5ccc(Oc6cc(-c7coc8c(-c9c(-c%10ccccc%10)cccc9-c9ccccc9)[n+](C(C)(C)C)[c-]n78)cc(C(C)(C)C)c6)cc54)cc3C)cc2)c([2H])c1[2H]. The van der Waals surface area contributed by atoms with Gasteiger partial charge in [0.2, 0.25) is 12.0 Å². The number of rotatable bonds is 9. The zero-order valence-corrected chi connectivity index (χ0v) is 41.9. The molecule has 0 aliphatic rings. The molecule has 0 N–H and O–H groups in total. The van der Waals surface area contributed by atoms with Crippen molar-refractivity contribution in [3.63, 3.8) is 0 Å². The van der Waals surface area contributed by atoms with Crippen LogP contribution in [0.3, 0.4) is 0 Å². The van der Waals surface area contributed by atoms with Crippen molar-refractivity contribution < 1.29 is 20.6 Å². The third kappa shape index (κ3) is 8.29. The first-order valence-corrected chi connectivity index (χ1v) is 24.7. The lowest BCUT2D eigenvalue weighted by atomic mass is 9.85. The number of para-hydroxylation sites is 1. The van der Waals surface area contributed by atoms with Gasteiger partial charge in [0, 0.05) is 28.6 Å². The van der Waals surface area contributed by atoms with Crippen molar-refractivity contribution in [1.82, 2.24) is 14.0 Å². The van der Waals surface area contributed by atoms with Crippen LogP contribution < -0.4 is 9.30 Å². The van der Waals surface area contributed by atoms with Crippen LogP contribution in [0.25, 0.3) is 100 Å². The average molecular weight is 954 g/mol. The first-order chi connectivity index (χ1) is 37.4. The summed E-state index contributed by atoms with van der Waals surface area (Å²) < 4.78 is 61.6. The second-order valence-electron chi connectivity index (χ2n) is 20.7. The number of nitrogens with zero attached hydrogens (tertiary/aromatic N) is 4. The molecule has 6 nitrogen and oxygen atoms in total. The van der Waals surface area contributed by atoms with E-state index in [-0.39, 0.29) is 40.7 Å². The van der Waals surface area contributed by atoms with Crippen molar-refractivity contribution in [2.24, 2.45) is 0 Å². The van der Waals surface area contributed by atoms with Gasteiger partial charge in [-0.15, -0.1) is 0 Å². The molecule has 8 aromatic carbocycles. The second-order valence-corrected chi connectivity index (χ2v) is 20.7. The summed E-state index contributed by atoms with van der Waals surface area (Å²) in [6.45, 7) is 15.3. The Morgan fingerprint density at radius 1 is 0.575 bits per heavy atom. The smallest absolute Gasteiger partial charge is 0.247 e. The summed E-state index contributed by atoms with van der Waals surface area (Å²) in [5.41, 5.74) is 14.8. The van der Waals surface area contributed by atoms with Crippen molar-refractivity contribution in [2.45, 2.75) is 59.4 Å². The van der Waals surface area contributed by atoms with Crippen molar-refractivity contribution in [3.05, 3.63) is 230 Å². The van der Waals surface area contributed by atoms with Crippen LogP contribution in [-0.4, -0.2) is 14.0 Å². The maximum atomic E-state index is 8.49. The Kier molecular flexibility index (Phi) is 9.75. The minimum atomic E-state index is -0.410. The van der Waals surface area contributed by atoms with Gasteiger partial charge in [-0.25, -0.2) is 4.98 Å². The normalized spacial score (nSPS) is 13.0. The quantitative estimate of drug-likeness (QED) is 0.107. The van der Waals surface area contributed by atoms with E-state index in [9.17, 15) is 0 Å². The number of fused-ring (bicyclic) bond motifs is 4. The maximum absolute atomic E-state index is 8.49. The number of pyridine rings is 1. The number of ether oxygens (including phenoxy) is 1. The number of imidazole rings is 1. The Morgan fingerprint density at radius 3 is 1.89 bits per heavy atom. The minimum Gasteiger partial charge on any atom is -0.484 e. The Hall–Kier alpha value is -8.74. The number of aromatic nitrogens is 4. The highest BCUT2D eigenvalue weighted by Gasteiger charge is 2.30. The monoisotopic (exact) mass is 953 g/mol. The topological polar surface area (TPSA) is 48.5 Å². The molecule has 0 spiro atoms. The number of benzene rings is 8. The summed E-state index contributed by atoms with van der Waals surface area (Å²) in [4.78, 5) is 5.08. The van der Waals surface area contributed by atoms with E-state index in [1.807, 2.05) is 36.7 Å². The zero-order chi connectivity index (χ0) is 54.4. The fourth-order valence-electron chi connectivity index (χ4n) is 10.1. The molecule has 12 rings (SSSR count). The van der Waals surface area contributed by atoms with E-state index in [2.05, 4.69) is 202 Å². The summed E-state index contributed by atoms with van der Waals surface area (Å²) >= 11 is 0. The van der Waals surface area contributed by atoms with Gasteiger partial charge in [-0.3, -0.25) is 8.97 Å². The number of oxazole rings is 1. The Labute approximate surface area is 434 Å². The fraction of sp³-hybridized carbons (Fsp3) is 0.134. The molecular formula is C67H56N4O2. The van der Waals surface area contributed by atoms with Gasteiger partial charge in [0.05, 0.1) is 35.4 Å². The standard InChI is InChI=1S/C67H56N4O2/c1-44-36-62(68-41-58(44)49-32-30-46(31-33-49)45-20-11-8-12-21-45)71-59-29-18-17-26-56(59)57-35-34-52(40-60(57)71)73-53-38-50(37-51(39-53)66(2,3)4)61-42-72-65-64(70(43-69(61)65)67(5,6)7)63-54(47-22-13-9-14-23-47)27-19-28-55(63)48-24-15-10-16-25-48/h8-42H,1-7H3/i8D,11D,12D,20D,21D. The molecule has 4 aromatic heterocycles. The van der Waals surface area contributed by atoms with Crippen LogP contribution in [0.15, 0.2) is 217 Å². The molecule has 0 amide bonds. The molecule has 0 atom stereocenters. The van der Waals surface area contributed by atoms with Gasteiger partial charge in [-0.05, 0) is 131 Å². The molecule has 0 radical (unpaired) electrons. The van der Waals surface area contributed by atoms with Gasteiger partial charge in [0.25, 0.3) is 0 Å². The van der Waals surface area contributed by atoms with Gasteiger partial charge in [-0.2, -0.15) is 0 Å². The minimum absolute atomic E-state index is 0.173. The van der Waals surface area contributed by atoms with Gasteiger partial charge in [0.1, 0.15) is 23.0 Å². The molecule has 0 aliphatic carbocycles. The van der Waals surface area contributed by atoms with E-state index >= 15 is 0 Å². The predicted octanol–water partition coefficient (Wildman–Crippen LogP) is 17.3. The molecule has 73 heavy (non-hydrogen) atoms. The molecule has 0 saturated carbocycles. The molecule has 4 heterocycles. The van der Waals surface area contributed by atoms with Crippen molar-refractivity contribution in [3.8, 4) is 84.3 Å². The van der Waals surface area contributed by atoms with E-state index in [0.29, 0.717) is 22.8 Å². The Bertz CT molecular complexity index is 4230. The molecule has 0 saturated heterocycles. The average Bonchev–Trinajstić information content (AvgIpc) is 4.31. The van der Waals surface area contributed by atoms with Gasteiger partial charge >= 0.3 is 0 Å². The Morgan fingerprint density at radius 2 is 1.22 bits per heavy atom. The lowest BCUT2D eigenvalue weighted by molar-refractivity contribution is -0.747. The van der Waals surface area contributed by atoms with Crippen LogP contribution >= 0.6 is 0 Å². The highest BCUT2D eigenvalue weighted by atomic mass is 16.5.